The van der Waals surface area contributed by atoms with Gasteiger partial charge < -0.3 is 20.1 Å². The van der Waals surface area contributed by atoms with Gasteiger partial charge in [0.1, 0.15) is 11.5 Å². The predicted molar refractivity (Wildman–Crippen MR) is 108 cm³/mol. The SMILES string of the molecule is Nc1nc2ccc(C(=O)N3CCOC[C@H]3c3ccc(C(F)(F)F)nc3)cc2c2c1COC2. The Morgan fingerprint density at radius 1 is 1.12 bits per heavy atom. The molecule has 2 N–H and O–H groups in total. The van der Waals surface area contributed by atoms with E-state index in [2.05, 4.69) is 9.97 Å². The summed E-state index contributed by atoms with van der Waals surface area (Å²) in [4.78, 5) is 23.0. The summed E-state index contributed by atoms with van der Waals surface area (Å²) in [6.45, 7) is 1.60. The quantitative estimate of drug-likeness (QED) is 0.651. The van der Waals surface area contributed by atoms with E-state index in [4.69, 9.17) is 15.2 Å². The summed E-state index contributed by atoms with van der Waals surface area (Å²) in [5, 5.41) is 0.804. The minimum atomic E-state index is -4.52. The van der Waals surface area contributed by atoms with Crippen LogP contribution in [0.4, 0.5) is 19.0 Å². The third kappa shape index (κ3) is 3.55. The van der Waals surface area contributed by atoms with Gasteiger partial charge in [-0.15, -0.1) is 0 Å². The van der Waals surface area contributed by atoms with Crippen LogP contribution in [0.2, 0.25) is 0 Å². The van der Waals surface area contributed by atoms with Crippen molar-refractivity contribution in [1.29, 1.82) is 0 Å². The summed E-state index contributed by atoms with van der Waals surface area (Å²) in [6, 6.07) is 6.91. The second-order valence-corrected chi connectivity index (χ2v) is 7.74. The molecular formula is C22H19F3N4O3. The molecule has 32 heavy (non-hydrogen) atoms. The van der Waals surface area contributed by atoms with E-state index in [1.54, 1.807) is 23.1 Å². The van der Waals surface area contributed by atoms with Crippen LogP contribution in [0.1, 0.15) is 38.8 Å². The van der Waals surface area contributed by atoms with Gasteiger partial charge in [0.05, 0.1) is 38.0 Å². The Morgan fingerprint density at radius 2 is 1.94 bits per heavy atom. The predicted octanol–water partition coefficient (Wildman–Crippen LogP) is 3.47. The molecule has 2 aliphatic heterocycles. The number of aromatic nitrogens is 2. The summed E-state index contributed by atoms with van der Waals surface area (Å²) in [6.07, 6.45) is -3.37. The topological polar surface area (TPSA) is 90.6 Å². The Bertz CT molecular complexity index is 1200. The first-order valence-electron chi connectivity index (χ1n) is 10.0. The number of carbonyl (C=O) groups excluding carboxylic acids is 1. The molecule has 0 aliphatic carbocycles. The number of pyridine rings is 2. The fourth-order valence-corrected chi connectivity index (χ4v) is 4.16. The van der Waals surface area contributed by atoms with Crippen molar-refractivity contribution < 1.29 is 27.4 Å². The average Bonchev–Trinajstić information content (AvgIpc) is 3.29. The number of hydrogen-bond acceptors (Lipinski definition) is 6. The number of nitrogens with zero attached hydrogens (tertiary/aromatic N) is 3. The number of nitrogens with two attached hydrogens (primary N) is 1. The van der Waals surface area contributed by atoms with Crippen LogP contribution >= 0.6 is 0 Å². The second-order valence-electron chi connectivity index (χ2n) is 7.74. The summed E-state index contributed by atoms with van der Waals surface area (Å²) >= 11 is 0. The van der Waals surface area contributed by atoms with E-state index in [9.17, 15) is 18.0 Å². The highest BCUT2D eigenvalue weighted by Gasteiger charge is 2.34. The van der Waals surface area contributed by atoms with E-state index in [1.807, 2.05) is 0 Å². The number of halogens is 3. The second kappa shape index (κ2) is 7.72. The molecule has 0 radical (unpaired) electrons. The van der Waals surface area contributed by atoms with Crippen LogP contribution in [0.5, 0.6) is 0 Å². The fourth-order valence-electron chi connectivity index (χ4n) is 4.16. The van der Waals surface area contributed by atoms with Crippen LogP contribution < -0.4 is 5.73 Å². The van der Waals surface area contributed by atoms with E-state index in [-0.39, 0.29) is 12.5 Å². The molecule has 0 unspecified atom stereocenters. The van der Waals surface area contributed by atoms with Crippen LogP contribution in [0.15, 0.2) is 36.5 Å². The van der Waals surface area contributed by atoms with Gasteiger partial charge in [0, 0.05) is 29.3 Å². The smallest absolute Gasteiger partial charge is 0.383 e. The molecule has 0 spiro atoms. The number of ether oxygens (including phenoxy) is 2. The third-order valence-electron chi connectivity index (χ3n) is 5.83. The maximum atomic E-state index is 13.4. The Labute approximate surface area is 181 Å². The number of fused-ring (bicyclic) bond motifs is 3. The Balaban J connectivity index is 1.48. The van der Waals surface area contributed by atoms with E-state index < -0.39 is 17.9 Å². The maximum Gasteiger partial charge on any atom is 0.433 e. The zero-order valence-electron chi connectivity index (χ0n) is 16.9. The first-order valence-corrected chi connectivity index (χ1v) is 10.0. The molecule has 7 nitrogen and oxygen atoms in total. The first-order chi connectivity index (χ1) is 15.3. The van der Waals surface area contributed by atoms with Crippen molar-refractivity contribution in [3.05, 3.63) is 64.5 Å². The van der Waals surface area contributed by atoms with Crippen molar-refractivity contribution in [3.63, 3.8) is 0 Å². The van der Waals surface area contributed by atoms with E-state index in [0.717, 1.165) is 28.8 Å². The summed E-state index contributed by atoms with van der Waals surface area (Å²) < 4.78 is 49.6. The molecule has 1 fully saturated rings. The van der Waals surface area contributed by atoms with Crippen molar-refractivity contribution in [2.45, 2.75) is 25.4 Å². The van der Waals surface area contributed by atoms with Crippen molar-refractivity contribution in [1.82, 2.24) is 14.9 Å². The molecular weight excluding hydrogens is 425 g/mol. The van der Waals surface area contributed by atoms with Gasteiger partial charge in [-0.1, -0.05) is 6.07 Å². The van der Waals surface area contributed by atoms with Crippen LogP contribution in [0, 0.1) is 0 Å². The van der Waals surface area contributed by atoms with Gasteiger partial charge in [-0.3, -0.25) is 9.78 Å². The molecule has 4 heterocycles. The number of morpholine rings is 1. The molecule has 1 saturated heterocycles. The Hall–Kier alpha value is -3.24. The monoisotopic (exact) mass is 444 g/mol. The molecule has 5 rings (SSSR count). The summed E-state index contributed by atoms with van der Waals surface area (Å²) in [5.74, 6) is 0.178. The molecule has 2 aliphatic rings. The third-order valence-corrected chi connectivity index (χ3v) is 5.83. The molecule has 1 aromatic carbocycles. The fraction of sp³-hybridized carbons (Fsp3) is 0.318. The highest BCUT2D eigenvalue weighted by atomic mass is 19.4. The van der Waals surface area contributed by atoms with Crippen molar-refractivity contribution >= 4 is 22.6 Å². The van der Waals surface area contributed by atoms with Crippen molar-refractivity contribution in [2.75, 3.05) is 25.5 Å². The molecule has 0 saturated carbocycles. The largest absolute Gasteiger partial charge is 0.433 e. The summed E-state index contributed by atoms with van der Waals surface area (Å²) in [5.41, 5.74) is 8.40. The molecule has 1 atom stereocenters. The van der Waals surface area contributed by atoms with E-state index >= 15 is 0 Å². The lowest BCUT2D eigenvalue weighted by molar-refractivity contribution is -0.141. The molecule has 2 aromatic heterocycles. The lowest BCUT2D eigenvalue weighted by Crippen LogP contribution is -2.43. The standard InChI is InChI=1S/C22H19F3N4O3/c23-22(24,25)19-4-2-13(8-27-19)18-11-31-6-5-29(18)21(30)12-1-3-17-14(7-12)15-9-32-10-16(15)20(26)28-17/h1-4,7-8,18H,5-6,9-11H2,(H2,26,28)/t18-/m0/s1. The van der Waals surface area contributed by atoms with Gasteiger partial charge in [0.2, 0.25) is 0 Å². The molecule has 1 amide bonds. The minimum Gasteiger partial charge on any atom is -0.383 e. The van der Waals surface area contributed by atoms with Gasteiger partial charge in [0.15, 0.2) is 0 Å². The minimum absolute atomic E-state index is 0.174. The van der Waals surface area contributed by atoms with Crippen molar-refractivity contribution in [2.24, 2.45) is 0 Å². The van der Waals surface area contributed by atoms with Crippen molar-refractivity contribution in [3.8, 4) is 0 Å². The zero-order valence-corrected chi connectivity index (χ0v) is 16.9. The lowest BCUT2D eigenvalue weighted by atomic mass is 10.0. The lowest BCUT2D eigenvalue weighted by Gasteiger charge is -2.36. The Kier molecular flexibility index (Phi) is 4.98. The van der Waals surface area contributed by atoms with Gasteiger partial charge >= 0.3 is 6.18 Å². The summed E-state index contributed by atoms with van der Waals surface area (Å²) in [7, 11) is 0. The molecule has 3 aromatic rings. The number of rotatable bonds is 2. The molecule has 166 valence electrons. The molecule has 0 bridgehead atoms. The Morgan fingerprint density at radius 3 is 2.69 bits per heavy atom. The van der Waals surface area contributed by atoms with Crippen LogP contribution in [0.25, 0.3) is 10.9 Å². The van der Waals surface area contributed by atoms with E-state index in [0.29, 0.717) is 48.8 Å². The maximum absolute atomic E-state index is 13.4. The number of anilines is 1. The number of benzene rings is 1. The van der Waals surface area contributed by atoms with Gasteiger partial charge in [0.25, 0.3) is 5.91 Å². The number of alkyl halides is 3. The highest BCUT2D eigenvalue weighted by molar-refractivity contribution is 5.99. The van der Waals surface area contributed by atoms with Gasteiger partial charge in [-0.25, -0.2) is 4.98 Å². The number of hydrogen-bond donors (Lipinski definition) is 1. The number of carbonyl (C=O) groups is 1. The number of amides is 1. The number of nitrogen functional groups attached to an aromatic ring is 1. The van der Waals surface area contributed by atoms with E-state index in [1.165, 1.54) is 6.07 Å². The average molecular weight is 444 g/mol. The normalized spacial score (nSPS) is 18.7. The van der Waals surface area contributed by atoms with Crippen LogP contribution in [-0.4, -0.2) is 40.5 Å². The van der Waals surface area contributed by atoms with Crippen LogP contribution in [-0.2, 0) is 28.9 Å². The van der Waals surface area contributed by atoms with Gasteiger partial charge in [-0.05, 0) is 35.4 Å². The highest BCUT2D eigenvalue weighted by Crippen LogP contribution is 2.33. The molecule has 10 heteroatoms. The first kappa shape index (κ1) is 20.7. The zero-order chi connectivity index (χ0) is 22.5. The van der Waals surface area contributed by atoms with Gasteiger partial charge in [-0.2, -0.15) is 13.2 Å². The van der Waals surface area contributed by atoms with Crippen LogP contribution in [0.3, 0.4) is 0 Å².